The minimum absolute atomic E-state index is 0.521. The predicted octanol–water partition coefficient (Wildman–Crippen LogP) is 2.24. The van der Waals surface area contributed by atoms with Crippen molar-refractivity contribution < 1.29 is 0 Å². The second-order valence-corrected chi connectivity index (χ2v) is 6.40. The summed E-state index contributed by atoms with van der Waals surface area (Å²) >= 11 is 0. The van der Waals surface area contributed by atoms with Crippen molar-refractivity contribution >= 4 is 5.82 Å². The Morgan fingerprint density at radius 2 is 2.04 bits per heavy atom. The Morgan fingerprint density at radius 1 is 1.17 bits per heavy atom. The van der Waals surface area contributed by atoms with Crippen LogP contribution in [0.5, 0.6) is 0 Å². The highest BCUT2D eigenvalue weighted by Gasteiger charge is 2.21. The van der Waals surface area contributed by atoms with Crippen LogP contribution < -0.4 is 10.2 Å². The van der Waals surface area contributed by atoms with Crippen molar-refractivity contribution in [2.45, 2.75) is 31.8 Å². The summed E-state index contributed by atoms with van der Waals surface area (Å²) in [4.78, 5) is 2.32. The molecule has 1 saturated heterocycles. The molecular formula is C18H21N5. The fraction of sp³-hybridized carbons (Fsp3) is 0.444. The minimum atomic E-state index is 0.521. The largest absolute Gasteiger partial charge is 0.350 e. The van der Waals surface area contributed by atoms with E-state index in [1.54, 1.807) is 0 Å². The first kappa shape index (κ1) is 14.3. The first-order valence-electron chi connectivity index (χ1n) is 8.36. The predicted molar refractivity (Wildman–Crippen MR) is 89.3 cm³/mol. The van der Waals surface area contributed by atoms with Gasteiger partial charge in [-0.15, -0.1) is 0 Å². The van der Waals surface area contributed by atoms with Crippen LogP contribution in [0, 0.1) is 11.3 Å². The van der Waals surface area contributed by atoms with Gasteiger partial charge in [0, 0.05) is 25.4 Å². The molecule has 0 aliphatic carbocycles. The van der Waals surface area contributed by atoms with Crippen LogP contribution in [0.25, 0.3) is 0 Å². The van der Waals surface area contributed by atoms with Gasteiger partial charge in [-0.3, -0.25) is 4.68 Å². The van der Waals surface area contributed by atoms with Gasteiger partial charge in [0.05, 0.1) is 17.7 Å². The quantitative estimate of drug-likeness (QED) is 0.924. The Balaban J connectivity index is 1.53. The van der Waals surface area contributed by atoms with Crippen molar-refractivity contribution in [1.82, 2.24) is 15.1 Å². The van der Waals surface area contributed by atoms with E-state index in [-0.39, 0.29) is 0 Å². The molecule has 1 N–H and O–H groups in total. The zero-order valence-electron chi connectivity index (χ0n) is 13.2. The first-order chi connectivity index (χ1) is 11.3. The third-order valence-corrected chi connectivity index (χ3v) is 4.95. The number of nitrogens with zero attached hydrogens (tertiary/aromatic N) is 4. The van der Waals surface area contributed by atoms with E-state index < -0.39 is 0 Å². The Labute approximate surface area is 136 Å². The van der Waals surface area contributed by atoms with Crippen LogP contribution in [0.1, 0.15) is 35.6 Å². The Bertz CT molecular complexity index is 736. The molecule has 1 fully saturated rings. The van der Waals surface area contributed by atoms with Gasteiger partial charge in [-0.1, -0.05) is 6.07 Å². The molecule has 2 aromatic rings. The van der Waals surface area contributed by atoms with E-state index in [0.29, 0.717) is 6.04 Å². The van der Waals surface area contributed by atoms with Gasteiger partial charge in [0.2, 0.25) is 0 Å². The van der Waals surface area contributed by atoms with Crippen LogP contribution in [0.2, 0.25) is 0 Å². The number of piperidine rings is 1. The maximum atomic E-state index is 9.09. The maximum Gasteiger partial charge on any atom is 0.150 e. The molecule has 0 atom stereocenters. The van der Waals surface area contributed by atoms with Gasteiger partial charge in [0.25, 0.3) is 0 Å². The molecule has 2 aliphatic heterocycles. The standard InChI is InChI=1S/C18H21N5/c19-12-14-1-2-15-5-9-22(13-16(15)11-14)18-6-10-23(21-18)17-3-7-20-8-4-17/h1-2,6,10-11,17,20H,3-5,7-9,13H2. The van der Waals surface area contributed by atoms with E-state index in [2.05, 4.69) is 39.3 Å². The highest BCUT2D eigenvalue weighted by atomic mass is 15.4. The van der Waals surface area contributed by atoms with E-state index >= 15 is 0 Å². The zero-order valence-corrected chi connectivity index (χ0v) is 13.2. The highest BCUT2D eigenvalue weighted by molar-refractivity contribution is 5.46. The van der Waals surface area contributed by atoms with Crippen molar-refractivity contribution in [3.05, 3.63) is 47.2 Å². The molecule has 0 radical (unpaired) electrons. The number of hydrogen-bond donors (Lipinski definition) is 1. The van der Waals surface area contributed by atoms with Crippen molar-refractivity contribution in [2.24, 2.45) is 0 Å². The summed E-state index contributed by atoms with van der Waals surface area (Å²) in [6.45, 7) is 3.98. The number of anilines is 1. The lowest BCUT2D eigenvalue weighted by Crippen LogP contribution is -2.32. The molecule has 5 nitrogen and oxygen atoms in total. The fourth-order valence-corrected chi connectivity index (χ4v) is 3.59. The highest BCUT2D eigenvalue weighted by Crippen LogP contribution is 2.26. The van der Waals surface area contributed by atoms with E-state index in [1.165, 1.54) is 11.1 Å². The number of rotatable bonds is 2. The van der Waals surface area contributed by atoms with E-state index in [4.69, 9.17) is 10.4 Å². The summed E-state index contributed by atoms with van der Waals surface area (Å²) in [5.74, 6) is 1.05. The first-order valence-corrected chi connectivity index (χ1v) is 8.36. The molecule has 1 aromatic heterocycles. The molecular weight excluding hydrogens is 286 g/mol. The molecule has 1 aromatic carbocycles. The molecule has 0 unspecified atom stereocenters. The molecule has 0 amide bonds. The monoisotopic (exact) mass is 307 g/mol. The molecule has 4 rings (SSSR count). The number of fused-ring (bicyclic) bond motifs is 1. The molecule has 0 saturated carbocycles. The number of hydrogen-bond acceptors (Lipinski definition) is 4. The maximum absolute atomic E-state index is 9.09. The number of nitriles is 1. The van der Waals surface area contributed by atoms with Gasteiger partial charge in [0.15, 0.2) is 5.82 Å². The van der Waals surface area contributed by atoms with Crippen LogP contribution in [0.15, 0.2) is 30.5 Å². The molecule has 118 valence electrons. The van der Waals surface area contributed by atoms with Gasteiger partial charge >= 0.3 is 0 Å². The average Bonchev–Trinajstić information content (AvgIpc) is 3.11. The van der Waals surface area contributed by atoms with Crippen molar-refractivity contribution in [3.63, 3.8) is 0 Å². The second-order valence-electron chi connectivity index (χ2n) is 6.40. The molecule has 3 heterocycles. The Hall–Kier alpha value is -2.32. The van der Waals surface area contributed by atoms with Crippen LogP contribution >= 0.6 is 0 Å². The molecule has 2 aliphatic rings. The lowest BCUT2D eigenvalue weighted by atomic mass is 9.98. The summed E-state index contributed by atoms with van der Waals surface area (Å²) < 4.78 is 2.14. The van der Waals surface area contributed by atoms with E-state index in [1.807, 2.05) is 12.1 Å². The van der Waals surface area contributed by atoms with Gasteiger partial charge < -0.3 is 10.2 Å². The van der Waals surface area contributed by atoms with Gasteiger partial charge in [0.1, 0.15) is 0 Å². The fourth-order valence-electron chi connectivity index (χ4n) is 3.59. The van der Waals surface area contributed by atoms with Gasteiger partial charge in [-0.25, -0.2) is 0 Å². The molecule has 0 bridgehead atoms. The molecule has 5 heteroatoms. The van der Waals surface area contributed by atoms with Crippen molar-refractivity contribution in [3.8, 4) is 6.07 Å². The van der Waals surface area contributed by atoms with Crippen molar-refractivity contribution in [1.29, 1.82) is 5.26 Å². The normalized spacial score (nSPS) is 18.5. The van der Waals surface area contributed by atoms with Crippen LogP contribution in [-0.4, -0.2) is 29.4 Å². The van der Waals surface area contributed by atoms with Crippen LogP contribution in [0.4, 0.5) is 5.82 Å². The van der Waals surface area contributed by atoms with E-state index in [0.717, 1.165) is 56.8 Å². The molecule has 0 spiro atoms. The summed E-state index contributed by atoms with van der Waals surface area (Å²) in [6, 6.07) is 10.9. The average molecular weight is 307 g/mol. The third kappa shape index (κ3) is 2.82. The topological polar surface area (TPSA) is 56.9 Å². The summed E-state index contributed by atoms with van der Waals surface area (Å²) in [5.41, 5.74) is 3.36. The SMILES string of the molecule is N#Cc1ccc2c(c1)CN(c1ccn(C3CCNCC3)n1)CC2. The van der Waals surface area contributed by atoms with E-state index in [9.17, 15) is 0 Å². The zero-order chi connectivity index (χ0) is 15.6. The Kier molecular flexibility index (Phi) is 3.76. The van der Waals surface area contributed by atoms with Gasteiger partial charge in [-0.05, 0) is 55.6 Å². The summed E-state index contributed by atoms with van der Waals surface area (Å²) in [5, 5.41) is 17.3. The third-order valence-electron chi connectivity index (χ3n) is 4.95. The lowest BCUT2D eigenvalue weighted by molar-refractivity contribution is 0.343. The summed E-state index contributed by atoms with van der Waals surface area (Å²) in [6.07, 6.45) is 5.43. The summed E-state index contributed by atoms with van der Waals surface area (Å²) in [7, 11) is 0. The second kappa shape index (κ2) is 6.05. The van der Waals surface area contributed by atoms with Crippen molar-refractivity contribution in [2.75, 3.05) is 24.5 Å². The Morgan fingerprint density at radius 3 is 2.87 bits per heavy atom. The van der Waals surface area contributed by atoms with Crippen LogP contribution in [-0.2, 0) is 13.0 Å². The molecule has 23 heavy (non-hydrogen) atoms. The number of aromatic nitrogens is 2. The number of nitrogens with one attached hydrogen (secondary N) is 1. The number of benzene rings is 1. The van der Waals surface area contributed by atoms with Gasteiger partial charge in [-0.2, -0.15) is 10.4 Å². The van der Waals surface area contributed by atoms with Crippen LogP contribution in [0.3, 0.4) is 0 Å². The lowest BCUT2D eigenvalue weighted by Gasteiger charge is -2.29. The smallest absolute Gasteiger partial charge is 0.150 e. The minimum Gasteiger partial charge on any atom is -0.350 e.